The van der Waals surface area contributed by atoms with Crippen LogP contribution in [0, 0.1) is 0 Å². The van der Waals surface area contributed by atoms with Gasteiger partial charge in [0.15, 0.2) is 29.5 Å². The summed E-state index contributed by atoms with van der Waals surface area (Å²) in [6, 6.07) is 3.45. The molecule has 24 heteroatoms. The van der Waals surface area contributed by atoms with E-state index in [-0.39, 0.29) is 34.9 Å². The first-order valence-electron chi connectivity index (χ1n) is 45.2. The Hall–Kier alpha value is 0.269. The van der Waals surface area contributed by atoms with Gasteiger partial charge in [-0.3, -0.25) is 0 Å². The van der Waals surface area contributed by atoms with E-state index in [4.69, 9.17) is 82.7 Å². The molecule has 0 aliphatic carbocycles. The van der Waals surface area contributed by atoms with Gasteiger partial charge in [-0.25, -0.2) is 0 Å². The van der Waals surface area contributed by atoms with Gasteiger partial charge in [-0.05, 0) is 186 Å². The van der Waals surface area contributed by atoms with Crippen molar-refractivity contribution in [2.45, 2.75) is 388 Å². The van der Waals surface area contributed by atoms with E-state index in [9.17, 15) is 0 Å². The van der Waals surface area contributed by atoms with Crippen LogP contribution in [0.5, 0.6) is 0 Å². The first-order chi connectivity index (χ1) is 55.4. The fraction of sp³-hybridized carbons (Fsp3) is 0.588. The third-order valence-electron chi connectivity index (χ3n) is 19.4. The van der Waals surface area contributed by atoms with Gasteiger partial charge in [0, 0.05) is 0 Å². The number of hydrogen-bond acceptors (Lipinski definition) is 2. The van der Waals surface area contributed by atoms with E-state index in [1.54, 1.807) is 11.6 Å². The average molecular weight is 2110 g/mol. The summed E-state index contributed by atoms with van der Waals surface area (Å²) in [7, 11) is -16.6. The second-order valence-electron chi connectivity index (χ2n) is 44.2. The molecular formula is C102H201Cl7N3NaSi13. The van der Waals surface area contributed by atoms with Crippen LogP contribution in [0.3, 0.4) is 0 Å². The fourth-order valence-corrected chi connectivity index (χ4v) is 84.4. The molecule has 0 rings (SSSR count). The van der Waals surface area contributed by atoms with Crippen molar-refractivity contribution in [3.8, 4) is 0 Å². The molecule has 726 valence electrons. The Morgan fingerprint density at radius 2 is 0.492 bits per heavy atom. The Bertz CT molecular complexity index is 3300. The van der Waals surface area contributed by atoms with Crippen molar-refractivity contribution >= 4 is 180 Å². The zero-order chi connectivity index (χ0) is 102. The van der Waals surface area contributed by atoms with E-state index in [1.165, 1.54) is 40.3 Å². The van der Waals surface area contributed by atoms with E-state index in [0.717, 1.165) is 140 Å². The molecule has 0 saturated heterocycles. The molecule has 0 fully saturated rings. The van der Waals surface area contributed by atoms with Crippen LogP contribution in [0.15, 0.2) is 257 Å². The molecule has 0 aromatic carbocycles. The Balaban J connectivity index is -0.000000153. The summed E-state index contributed by atoms with van der Waals surface area (Å²) in [6.45, 7) is 158. The molecule has 0 N–H and O–H groups in total. The van der Waals surface area contributed by atoms with Gasteiger partial charge in [0.2, 0.25) is 6.69 Å². The third kappa shape index (κ3) is 92.0. The number of hydrogen-bond donors (Lipinski definition) is 0. The van der Waals surface area contributed by atoms with Crippen LogP contribution in [-0.4, -0.2) is 115 Å². The maximum Gasteiger partial charge on any atom is 1.00 e. The van der Waals surface area contributed by atoms with Gasteiger partial charge in [-0.2, -0.15) is 44.3 Å². The number of halogens is 7. The minimum absolute atomic E-state index is 0. The summed E-state index contributed by atoms with van der Waals surface area (Å²) in [5, 5.41) is 0.0756. The van der Waals surface area contributed by atoms with E-state index in [1.807, 2.05) is 56.5 Å². The monoisotopic (exact) mass is 2100 g/mol. The Kier molecular flexibility index (Phi) is 81.4. The molecule has 0 saturated carbocycles. The number of alkyl halides is 1. The van der Waals surface area contributed by atoms with Gasteiger partial charge in [0.1, 0.15) is 49.4 Å². The summed E-state index contributed by atoms with van der Waals surface area (Å²) in [4.78, 5) is 0. The molecule has 0 aromatic rings. The Labute approximate surface area is 858 Å². The van der Waals surface area contributed by atoms with Crippen LogP contribution in [-0.2, 0) is 0 Å². The van der Waals surface area contributed by atoms with Crippen LogP contribution in [0.25, 0.3) is 4.65 Å². The SMILES string of the molecule is C=CC(=C)CC/C=C(\C)C[Si](C)(C)Cl.C=CC(=C)CC/C=C(\C)C[Si](C)(C)Cl.C=CC(=C)CC/C=C(\C)C[Si](C)(C)N([Si](C)(C)C)[Si](C)(C)C.C=CC(=C)CCC(C(=C)C)[Si](C)(C)Cl.C=CC(=C)CCC(C(=C)C)[Si](C)(C)Cl.C=CC(=C)CCC(C(=C)C)[Si](C)(C)N([Si](C)(C)C)[Si](C)(C)C.C=CC(=C)CCC(Cl)C(=C)C.C[Si](C)(C)[N-][Si](C)(C)C.C[Si](C)(Cl)Cl.[Na+]. The van der Waals surface area contributed by atoms with Crippen molar-refractivity contribution in [3.05, 3.63) is 262 Å². The smallest absolute Gasteiger partial charge is 0.668 e. The van der Waals surface area contributed by atoms with E-state index in [2.05, 4.69) is 382 Å². The topological polar surface area (TPSA) is 20.6 Å². The largest absolute Gasteiger partial charge is 1.00 e. The van der Waals surface area contributed by atoms with Crippen LogP contribution in [0.1, 0.15) is 138 Å². The quantitative estimate of drug-likeness (QED) is 0.0199. The summed E-state index contributed by atoms with van der Waals surface area (Å²) >= 11 is 42.2. The minimum atomic E-state index is -1.67. The second kappa shape index (κ2) is 70.0. The van der Waals surface area contributed by atoms with Gasteiger partial charge < -0.3 is 12.4 Å². The van der Waals surface area contributed by atoms with Gasteiger partial charge in [-0.1, -0.05) is 450 Å². The summed E-state index contributed by atoms with van der Waals surface area (Å²) in [5.41, 5.74) is 18.5. The van der Waals surface area contributed by atoms with Crippen molar-refractivity contribution in [2.75, 3.05) is 0 Å². The summed E-state index contributed by atoms with van der Waals surface area (Å²) in [6.07, 6.45) is 34.1. The minimum Gasteiger partial charge on any atom is -0.668 e. The van der Waals surface area contributed by atoms with Crippen molar-refractivity contribution in [1.82, 2.24) is 7.79 Å². The van der Waals surface area contributed by atoms with Gasteiger partial charge in [0.05, 0.1) is 5.38 Å². The molecule has 0 heterocycles. The Morgan fingerprint density at radius 3 is 0.659 bits per heavy atom. The van der Waals surface area contributed by atoms with Crippen molar-refractivity contribution in [2.24, 2.45) is 0 Å². The van der Waals surface area contributed by atoms with Gasteiger partial charge >= 0.3 is 29.6 Å². The van der Waals surface area contributed by atoms with Crippen molar-refractivity contribution < 1.29 is 29.6 Å². The molecule has 0 spiro atoms. The average Bonchev–Trinajstić information content (AvgIpc) is 0.762. The molecular weight excluding hydrogens is 1900 g/mol. The Morgan fingerprint density at radius 1 is 0.294 bits per heavy atom. The van der Waals surface area contributed by atoms with Crippen LogP contribution in [0.4, 0.5) is 0 Å². The predicted octanol–water partition coefficient (Wildman–Crippen LogP) is 38.8. The maximum atomic E-state index is 6.44. The molecule has 0 amide bonds. The molecule has 4 atom stereocenters. The summed E-state index contributed by atoms with van der Waals surface area (Å²) < 4.78 is 10.9. The van der Waals surface area contributed by atoms with Gasteiger partial charge in [-0.15, -0.1) is 53.5 Å². The zero-order valence-electron chi connectivity index (χ0n) is 90.3. The second-order valence-corrected chi connectivity index (χ2v) is 121. The van der Waals surface area contributed by atoms with Crippen LogP contribution < -0.4 is 29.6 Å². The predicted molar refractivity (Wildman–Crippen MR) is 640 cm³/mol. The van der Waals surface area contributed by atoms with Gasteiger partial charge in [0.25, 0.3) is 0 Å². The molecule has 0 radical (unpaired) electrons. The number of nitrogens with zero attached hydrogens (tertiary/aromatic N) is 3. The van der Waals surface area contributed by atoms with E-state index >= 15 is 0 Å². The van der Waals surface area contributed by atoms with Crippen LogP contribution >= 0.6 is 78.1 Å². The number of rotatable bonds is 49. The summed E-state index contributed by atoms with van der Waals surface area (Å²) in [5.74, 6) is 0. The first kappa shape index (κ1) is 147. The standard InChI is InChI=1S/2C18H39NSi3.4C12H21ClSi.C10H15Cl.C6H18NSi2.C2H6Cl2Si.Na/c1-13-17(4)14-15-18(16(2)3)22(11,12)19(20(5,6)7)21(8,9)10;1-12-17(2)14-13-15-18(3)16-22(10,11)19(20(4,5)6)21(7,8)9;2*1-7-11(4)8-9-12(10(2)3)14(5,6)13;2*1-6-11(2)8-7-9-12(3)10-14(4,5)13;1-5-9(4)6-7-10(11)8(2)3;1-8(2,3)7-9(4,5)6;1-5(2,3)4;/h13,18H,1-2,4,14-15H2,3,5-12H3;12,15H,1-2,13-14,16H2,3-11H3;2*7,12H,1-2,4,8-9H2,3,5-6H3;2*6,9H,1-2,7-8,10H2,3-5H3;5,10H,1-2,4,6-7H2,3H3;1-6H3;1-2H3;/q;;;;;;;-1;;+1/b;18-15+;;;2*12-9+;;;;. The first-order valence-corrected chi connectivity index (χ1v) is 94.2. The van der Waals surface area contributed by atoms with Crippen molar-refractivity contribution in [1.29, 1.82) is 0 Å². The third-order valence-corrected chi connectivity index (χ3v) is 70.2. The normalized spacial score (nSPS) is 13.4. The van der Waals surface area contributed by atoms with E-state index in [0.29, 0.717) is 16.6 Å². The fourth-order valence-electron chi connectivity index (χ4n) is 16.4. The molecule has 126 heavy (non-hydrogen) atoms. The van der Waals surface area contributed by atoms with E-state index < -0.39 is 102 Å². The molecule has 0 aliphatic rings. The van der Waals surface area contributed by atoms with Crippen LogP contribution in [0.2, 0.25) is 244 Å². The maximum absolute atomic E-state index is 6.44. The van der Waals surface area contributed by atoms with Crippen molar-refractivity contribution in [3.63, 3.8) is 0 Å². The molecule has 0 bridgehead atoms. The molecule has 4 unspecified atom stereocenters. The molecule has 3 nitrogen and oxygen atoms in total. The molecule has 0 aromatic heterocycles. The molecule has 0 aliphatic heterocycles. The zero-order valence-corrected chi connectivity index (χ0v) is 111. The number of allylic oxidation sites excluding steroid dienone is 24.